The first-order valence-electron chi connectivity index (χ1n) is 5.13. The van der Waals surface area contributed by atoms with E-state index in [0.29, 0.717) is 0 Å². The number of rotatable bonds is 5. The summed E-state index contributed by atoms with van der Waals surface area (Å²) in [7, 11) is 1.29. The molecule has 0 saturated carbocycles. The van der Waals surface area contributed by atoms with Crippen LogP contribution in [-0.2, 0) is 6.54 Å². The first kappa shape index (κ1) is 14.7. The van der Waals surface area contributed by atoms with E-state index in [1.54, 1.807) is 0 Å². The Balaban J connectivity index is 2.55. The Bertz CT molecular complexity index is 395. The summed E-state index contributed by atoms with van der Waals surface area (Å²) in [5.41, 5.74) is 0.170. The zero-order chi connectivity index (χ0) is 13.8. The van der Waals surface area contributed by atoms with Crippen molar-refractivity contribution in [1.29, 1.82) is 0 Å². The summed E-state index contributed by atoms with van der Waals surface area (Å²) in [6.45, 7) is -0.823. The molecule has 3 nitrogen and oxygen atoms in total. The molecule has 1 aromatic carbocycles. The fourth-order valence-corrected chi connectivity index (χ4v) is 1.31. The molecule has 0 aliphatic rings. The highest BCUT2D eigenvalue weighted by molar-refractivity contribution is 5.30. The fourth-order valence-electron chi connectivity index (χ4n) is 1.31. The van der Waals surface area contributed by atoms with Gasteiger partial charge in [0, 0.05) is 18.7 Å². The first-order chi connectivity index (χ1) is 8.36. The Morgan fingerprint density at radius 1 is 1.39 bits per heavy atom. The van der Waals surface area contributed by atoms with Crippen molar-refractivity contribution < 1.29 is 27.4 Å². The molecule has 1 unspecified atom stereocenters. The van der Waals surface area contributed by atoms with Gasteiger partial charge in [-0.2, -0.15) is 13.2 Å². The summed E-state index contributed by atoms with van der Waals surface area (Å²) in [5, 5.41) is 11.1. The minimum Gasteiger partial charge on any atom is -0.494 e. The molecule has 0 aromatic heterocycles. The lowest BCUT2D eigenvalue weighted by Crippen LogP contribution is -2.38. The molecule has 18 heavy (non-hydrogen) atoms. The molecule has 1 aromatic rings. The number of methoxy groups -OCH3 is 1. The molecule has 2 N–H and O–H groups in total. The summed E-state index contributed by atoms with van der Waals surface area (Å²) in [6.07, 6.45) is -7.15. The highest BCUT2D eigenvalue weighted by Crippen LogP contribution is 2.21. The maximum atomic E-state index is 13.6. The van der Waals surface area contributed by atoms with Gasteiger partial charge in [0.25, 0.3) is 0 Å². The first-order valence-corrected chi connectivity index (χ1v) is 5.13. The van der Waals surface area contributed by atoms with Gasteiger partial charge in [-0.3, -0.25) is 0 Å². The van der Waals surface area contributed by atoms with Gasteiger partial charge in [-0.15, -0.1) is 0 Å². The minimum atomic E-state index is -4.68. The number of alkyl halides is 3. The van der Waals surface area contributed by atoms with Gasteiger partial charge < -0.3 is 15.2 Å². The number of benzene rings is 1. The molecule has 7 heteroatoms. The number of nitrogens with one attached hydrogen (secondary N) is 1. The largest absolute Gasteiger partial charge is 0.494 e. The van der Waals surface area contributed by atoms with E-state index < -0.39 is 24.6 Å². The van der Waals surface area contributed by atoms with Crippen molar-refractivity contribution in [3.05, 3.63) is 29.6 Å². The van der Waals surface area contributed by atoms with Crippen LogP contribution in [0.25, 0.3) is 0 Å². The Hall–Kier alpha value is -1.34. The van der Waals surface area contributed by atoms with E-state index in [1.807, 2.05) is 0 Å². The predicted octanol–water partition coefficient (Wildman–Crippen LogP) is 1.85. The number of hydrogen-bond acceptors (Lipinski definition) is 3. The van der Waals surface area contributed by atoms with Crippen molar-refractivity contribution in [2.24, 2.45) is 0 Å². The standard InChI is InChI=1S/C11H13F4NO2/c1-18-8-4-2-3-7(10(8)12)5-16-6-9(17)11(13,14)15/h2-4,9,16-17H,5-6H2,1H3. The molecular formula is C11H13F4NO2. The second-order valence-electron chi connectivity index (χ2n) is 3.62. The quantitative estimate of drug-likeness (QED) is 0.800. The van der Waals surface area contributed by atoms with Crippen molar-refractivity contribution in [2.75, 3.05) is 13.7 Å². The number of ether oxygens (including phenoxy) is 1. The minimum absolute atomic E-state index is 0.0191. The van der Waals surface area contributed by atoms with E-state index in [-0.39, 0.29) is 17.9 Å². The maximum absolute atomic E-state index is 13.6. The Morgan fingerprint density at radius 2 is 2.06 bits per heavy atom. The lowest BCUT2D eigenvalue weighted by atomic mass is 10.2. The van der Waals surface area contributed by atoms with Crippen LogP contribution in [-0.4, -0.2) is 31.0 Å². The molecule has 0 radical (unpaired) electrons. The molecule has 102 valence electrons. The van der Waals surface area contributed by atoms with E-state index in [2.05, 4.69) is 5.32 Å². The van der Waals surface area contributed by atoms with Gasteiger partial charge in [0.05, 0.1) is 7.11 Å². The van der Waals surface area contributed by atoms with Crippen LogP contribution in [0, 0.1) is 5.82 Å². The third-order valence-electron chi connectivity index (χ3n) is 2.29. The van der Waals surface area contributed by atoms with Crippen LogP contribution in [0.2, 0.25) is 0 Å². The summed E-state index contributed by atoms with van der Waals surface area (Å²) < 4.78 is 54.3. The molecule has 0 amide bonds. The number of aliphatic hydroxyl groups excluding tert-OH is 1. The normalized spacial score (nSPS) is 13.4. The van der Waals surface area contributed by atoms with Gasteiger partial charge in [0.2, 0.25) is 0 Å². The van der Waals surface area contributed by atoms with Crippen molar-refractivity contribution in [3.8, 4) is 5.75 Å². The highest BCUT2D eigenvalue weighted by atomic mass is 19.4. The fraction of sp³-hybridized carbons (Fsp3) is 0.455. The summed E-state index contributed by atoms with van der Waals surface area (Å²) >= 11 is 0. The number of aliphatic hydroxyl groups is 1. The number of hydrogen-bond donors (Lipinski definition) is 2. The second kappa shape index (κ2) is 6.01. The van der Waals surface area contributed by atoms with E-state index in [1.165, 1.54) is 25.3 Å². The van der Waals surface area contributed by atoms with Crippen molar-refractivity contribution in [2.45, 2.75) is 18.8 Å². The topological polar surface area (TPSA) is 41.5 Å². The molecule has 0 spiro atoms. The van der Waals surface area contributed by atoms with Gasteiger partial charge in [0.15, 0.2) is 17.7 Å². The summed E-state index contributed by atoms with van der Waals surface area (Å²) in [5.74, 6) is -0.611. The zero-order valence-electron chi connectivity index (χ0n) is 9.59. The molecule has 0 aliphatic carbocycles. The molecule has 1 atom stereocenters. The van der Waals surface area contributed by atoms with E-state index in [0.717, 1.165) is 0 Å². The van der Waals surface area contributed by atoms with Crippen LogP contribution < -0.4 is 10.1 Å². The van der Waals surface area contributed by atoms with Gasteiger partial charge in [-0.25, -0.2) is 4.39 Å². The van der Waals surface area contributed by atoms with Crippen molar-refractivity contribution in [1.82, 2.24) is 5.32 Å². The Kier molecular flexibility index (Phi) is 4.92. The van der Waals surface area contributed by atoms with Crippen molar-refractivity contribution >= 4 is 0 Å². The Morgan fingerprint density at radius 3 is 2.61 bits per heavy atom. The summed E-state index contributed by atoms with van der Waals surface area (Å²) in [6, 6.07) is 4.35. The summed E-state index contributed by atoms with van der Waals surface area (Å²) in [4.78, 5) is 0. The van der Waals surface area contributed by atoms with Gasteiger partial charge in [-0.05, 0) is 6.07 Å². The van der Waals surface area contributed by atoms with Gasteiger partial charge in [0.1, 0.15) is 0 Å². The average molecular weight is 267 g/mol. The maximum Gasteiger partial charge on any atom is 0.415 e. The molecular weight excluding hydrogens is 254 g/mol. The van der Waals surface area contributed by atoms with E-state index in [9.17, 15) is 17.6 Å². The molecule has 0 aliphatic heterocycles. The average Bonchev–Trinajstić information content (AvgIpc) is 2.30. The van der Waals surface area contributed by atoms with Crippen LogP contribution in [0.15, 0.2) is 18.2 Å². The third-order valence-corrected chi connectivity index (χ3v) is 2.29. The smallest absolute Gasteiger partial charge is 0.415 e. The second-order valence-corrected chi connectivity index (χ2v) is 3.62. The van der Waals surface area contributed by atoms with Crippen LogP contribution in [0.1, 0.15) is 5.56 Å². The highest BCUT2D eigenvalue weighted by Gasteiger charge is 2.37. The van der Waals surface area contributed by atoms with Crippen LogP contribution in [0.3, 0.4) is 0 Å². The van der Waals surface area contributed by atoms with Crippen LogP contribution >= 0.6 is 0 Å². The molecule has 0 fully saturated rings. The zero-order valence-corrected chi connectivity index (χ0v) is 9.59. The molecule has 0 saturated heterocycles. The SMILES string of the molecule is COc1cccc(CNCC(O)C(F)(F)F)c1F. The predicted molar refractivity (Wildman–Crippen MR) is 56.7 cm³/mol. The lowest BCUT2D eigenvalue weighted by molar-refractivity contribution is -0.201. The van der Waals surface area contributed by atoms with E-state index >= 15 is 0 Å². The molecule has 1 rings (SSSR count). The van der Waals surface area contributed by atoms with Gasteiger partial charge >= 0.3 is 6.18 Å². The molecule has 0 heterocycles. The number of halogens is 4. The third kappa shape index (κ3) is 3.85. The van der Waals surface area contributed by atoms with Crippen LogP contribution in [0.5, 0.6) is 5.75 Å². The van der Waals surface area contributed by atoms with Crippen molar-refractivity contribution in [3.63, 3.8) is 0 Å². The van der Waals surface area contributed by atoms with Gasteiger partial charge in [-0.1, -0.05) is 12.1 Å². The molecule has 0 bridgehead atoms. The Labute approximate surface area is 101 Å². The van der Waals surface area contributed by atoms with Crippen LogP contribution in [0.4, 0.5) is 17.6 Å². The van der Waals surface area contributed by atoms with E-state index in [4.69, 9.17) is 9.84 Å². The monoisotopic (exact) mass is 267 g/mol. The lowest BCUT2D eigenvalue weighted by Gasteiger charge is -2.15.